The van der Waals surface area contributed by atoms with E-state index < -0.39 is 0 Å². The highest BCUT2D eigenvalue weighted by molar-refractivity contribution is 5.11. The lowest BCUT2D eigenvalue weighted by Gasteiger charge is -2.46. The summed E-state index contributed by atoms with van der Waals surface area (Å²) in [5.41, 5.74) is -0.174. The minimum Gasteiger partial charge on any atom is -0.314 e. The van der Waals surface area contributed by atoms with Crippen molar-refractivity contribution in [1.29, 1.82) is 5.26 Å². The molecule has 2 aliphatic rings. The summed E-state index contributed by atoms with van der Waals surface area (Å²) in [6.45, 7) is 9.70. The maximum atomic E-state index is 9.58. The zero-order valence-electron chi connectivity index (χ0n) is 10.9. The van der Waals surface area contributed by atoms with Gasteiger partial charge >= 0.3 is 0 Å². The smallest absolute Gasteiger partial charge is 0.111 e. The molecule has 17 heavy (non-hydrogen) atoms. The highest BCUT2D eigenvalue weighted by Crippen LogP contribution is 2.28. The molecule has 2 saturated heterocycles. The number of hydrogen-bond acceptors (Lipinski definition) is 4. The van der Waals surface area contributed by atoms with E-state index in [4.69, 9.17) is 0 Å². The van der Waals surface area contributed by atoms with Crippen LogP contribution in [0, 0.1) is 11.3 Å². The van der Waals surface area contributed by atoms with Gasteiger partial charge in [0.1, 0.15) is 5.54 Å². The molecule has 0 aliphatic carbocycles. The van der Waals surface area contributed by atoms with E-state index in [-0.39, 0.29) is 5.54 Å². The highest BCUT2D eigenvalue weighted by atomic mass is 15.3. The van der Waals surface area contributed by atoms with Crippen LogP contribution < -0.4 is 5.32 Å². The first kappa shape index (κ1) is 12.8. The van der Waals surface area contributed by atoms with Crippen molar-refractivity contribution in [1.82, 2.24) is 15.1 Å². The van der Waals surface area contributed by atoms with Crippen LogP contribution in [0.1, 0.15) is 26.2 Å². The molecule has 0 bridgehead atoms. The minimum atomic E-state index is -0.174. The second-order valence-corrected chi connectivity index (χ2v) is 5.22. The number of nitrogens with zero attached hydrogens (tertiary/aromatic N) is 3. The summed E-state index contributed by atoms with van der Waals surface area (Å²) < 4.78 is 0. The Balaban J connectivity index is 1.95. The van der Waals surface area contributed by atoms with Crippen LogP contribution in [-0.4, -0.2) is 61.2 Å². The van der Waals surface area contributed by atoms with E-state index in [9.17, 15) is 5.26 Å². The van der Waals surface area contributed by atoms with Gasteiger partial charge in [0.25, 0.3) is 0 Å². The van der Waals surface area contributed by atoms with Crippen molar-refractivity contribution in [3.05, 3.63) is 0 Å². The quantitative estimate of drug-likeness (QED) is 0.782. The first-order valence-corrected chi connectivity index (χ1v) is 6.90. The molecule has 0 saturated carbocycles. The molecule has 0 spiro atoms. The zero-order valence-corrected chi connectivity index (χ0v) is 10.9. The maximum absolute atomic E-state index is 9.58. The molecule has 2 fully saturated rings. The lowest BCUT2D eigenvalue weighted by atomic mass is 9.86. The van der Waals surface area contributed by atoms with Gasteiger partial charge in [0.2, 0.25) is 0 Å². The van der Waals surface area contributed by atoms with E-state index in [0.29, 0.717) is 0 Å². The second-order valence-electron chi connectivity index (χ2n) is 5.22. The third-order valence-electron chi connectivity index (χ3n) is 4.15. The number of nitriles is 1. The molecule has 0 radical (unpaired) electrons. The van der Waals surface area contributed by atoms with Crippen molar-refractivity contribution in [3.63, 3.8) is 0 Å². The summed E-state index contributed by atoms with van der Waals surface area (Å²) in [5.74, 6) is 0. The van der Waals surface area contributed by atoms with Gasteiger partial charge in [0, 0.05) is 39.3 Å². The van der Waals surface area contributed by atoms with Crippen LogP contribution in [0.15, 0.2) is 0 Å². The van der Waals surface area contributed by atoms with Gasteiger partial charge in [0.15, 0.2) is 0 Å². The summed E-state index contributed by atoms with van der Waals surface area (Å²) in [4.78, 5) is 4.91. The van der Waals surface area contributed by atoms with E-state index in [1.54, 1.807) is 0 Å². The first-order chi connectivity index (χ1) is 8.30. The fourth-order valence-corrected chi connectivity index (χ4v) is 3.05. The Morgan fingerprint density at radius 1 is 1.18 bits per heavy atom. The van der Waals surface area contributed by atoms with Crippen molar-refractivity contribution in [2.45, 2.75) is 31.7 Å². The van der Waals surface area contributed by atoms with Crippen molar-refractivity contribution in [3.8, 4) is 6.07 Å². The number of piperazine rings is 1. The number of likely N-dealkylation sites (tertiary alicyclic amines) is 1. The Bertz CT molecular complexity index is 270. The largest absolute Gasteiger partial charge is 0.314 e. The van der Waals surface area contributed by atoms with Crippen LogP contribution in [0.25, 0.3) is 0 Å². The van der Waals surface area contributed by atoms with Crippen molar-refractivity contribution in [2.75, 3.05) is 45.8 Å². The molecule has 2 aliphatic heterocycles. The zero-order chi connectivity index (χ0) is 12.1. The average molecular weight is 236 g/mol. The van der Waals surface area contributed by atoms with E-state index in [0.717, 1.165) is 52.1 Å². The lowest BCUT2D eigenvalue weighted by Crippen LogP contribution is -2.59. The minimum absolute atomic E-state index is 0.174. The summed E-state index contributed by atoms with van der Waals surface area (Å²) >= 11 is 0. The van der Waals surface area contributed by atoms with Crippen LogP contribution in [0.5, 0.6) is 0 Å². The summed E-state index contributed by atoms with van der Waals surface area (Å²) in [5, 5.41) is 12.9. The third kappa shape index (κ3) is 2.79. The van der Waals surface area contributed by atoms with Gasteiger partial charge in [-0.25, -0.2) is 0 Å². The average Bonchev–Trinajstić information content (AvgIpc) is 2.41. The fourth-order valence-electron chi connectivity index (χ4n) is 3.05. The summed E-state index contributed by atoms with van der Waals surface area (Å²) in [6.07, 6.45) is 3.25. The molecule has 2 rings (SSSR count). The third-order valence-corrected chi connectivity index (χ3v) is 4.15. The molecule has 0 aromatic rings. The van der Waals surface area contributed by atoms with Crippen molar-refractivity contribution >= 4 is 0 Å². The molecule has 0 atom stereocenters. The van der Waals surface area contributed by atoms with Crippen molar-refractivity contribution in [2.24, 2.45) is 0 Å². The van der Waals surface area contributed by atoms with E-state index in [1.165, 1.54) is 13.0 Å². The fraction of sp³-hybridized carbons (Fsp3) is 0.923. The van der Waals surface area contributed by atoms with Gasteiger partial charge in [-0.15, -0.1) is 0 Å². The van der Waals surface area contributed by atoms with Gasteiger partial charge in [-0.3, -0.25) is 4.90 Å². The number of hydrogen-bond donors (Lipinski definition) is 1. The molecule has 4 heteroatoms. The highest BCUT2D eigenvalue weighted by Gasteiger charge is 2.40. The molecular formula is C13H24N4. The molecule has 0 aromatic carbocycles. The molecule has 0 aromatic heterocycles. The van der Waals surface area contributed by atoms with Gasteiger partial charge in [0.05, 0.1) is 6.07 Å². The molecule has 0 amide bonds. The van der Waals surface area contributed by atoms with Gasteiger partial charge in [-0.05, 0) is 25.8 Å². The predicted molar refractivity (Wildman–Crippen MR) is 68.8 cm³/mol. The SMILES string of the molecule is CCCN1CCC(C#N)(N2CCNCC2)CC1. The Kier molecular flexibility index (Phi) is 4.38. The van der Waals surface area contributed by atoms with E-state index in [2.05, 4.69) is 28.1 Å². The monoisotopic (exact) mass is 236 g/mol. The summed E-state index contributed by atoms with van der Waals surface area (Å²) in [6, 6.07) is 2.62. The van der Waals surface area contributed by atoms with Crippen LogP contribution in [0.3, 0.4) is 0 Å². The van der Waals surface area contributed by atoms with E-state index in [1.807, 2.05) is 0 Å². The molecule has 96 valence electrons. The number of nitrogens with one attached hydrogen (secondary N) is 1. The predicted octanol–water partition coefficient (Wildman–Crippen LogP) is 0.660. The molecule has 2 heterocycles. The topological polar surface area (TPSA) is 42.3 Å². The molecule has 1 N–H and O–H groups in total. The van der Waals surface area contributed by atoms with E-state index >= 15 is 0 Å². The van der Waals surface area contributed by atoms with Crippen LogP contribution in [0.2, 0.25) is 0 Å². The van der Waals surface area contributed by atoms with Gasteiger partial charge in [-0.2, -0.15) is 5.26 Å². The van der Waals surface area contributed by atoms with Crippen molar-refractivity contribution < 1.29 is 0 Å². The lowest BCUT2D eigenvalue weighted by molar-refractivity contribution is 0.0517. The number of rotatable bonds is 3. The van der Waals surface area contributed by atoms with Crippen LogP contribution >= 0.6 is 0 Å². The standard InChI is InChI=1S/C13H24N4/c1-2-7-16-8-3-13(12-14,4-9-16)17-10-5-15-6-11-17/h15H,2-11H2,1H3. The van der Waals surface area contributed by atoms with Crippen LogP contribution in [0.4, 0.5) is 0 Å². The second kappa shape index (κ2) is 5.81. The molecular weight excluding hydrogens is 212 g/mol. The van der Waals surface area contributed by atoms with Gasteiger partial charge < -0.3 is 10.2 Å². The normalized spacial score (nSPS) is 26.6. The molecule has 0 unspecified atom stereocenters. The first-order valence-electron chi connectivity index (χ1n) is 6.90. The number of piperidine rings is 1. The maximum Gasteiger partial charge on any atom is 0.111 e. The Hall–Kier alpha value is -0.630. The van der Waals surface area contributed by atoms with Gasteiger partial charge in [-0.1, -0.05) is 6.92 Å². The molecule has 4 nitrogen and oxygen atoms in total. The Morgan fingerprint density at radius 2 is 1.82 bits per heavy atom. The summed E-state index contributed by atoms with van der Waals surface area (Å²) in [7, 11) is 0. The Labute approximate surface area is 105 Å². The Morgan fingerprint density at radius 3 is 2.35 bits per heavy atom. The van der Waals surface area contributed by atoms with Crippen LogP contribution in [-0.2, 0) is 0 Å².